The molecule has 284 valence electrons. The Kier molecular flexibility index (Phi) is 16.3. The van der Waals surface area contributed by atoms with Crippen LogP contribution in [0, 0.1) is 23.7 Å². The molecule has 10 heteroatoms. The Labute approximate surface area is 311 Å². The zero-order valence-electron chi connectivity index (χ0n) is 33.0. The second-order valence-electron chi connectivity index (χ2n) is 16.0. The van der Waals surface area contributed by atoms with Crippen molar-refractivity contribution in [2.45, 2.75) is 137 Å². The Balaban J connectivity index is 1.89. The van der Waals surface area contributed by atoms with E-state index in [0.29, 0.717) is 29.5 Å². The van der Waals surface area contributed by atoms with Crippen LogP contribution in [0.2, 0.25) is 0 Å². The summed E-state index contributed by atoms with van der Waals surface area (Å²) >= 11 is 1.40. The van der Waals surface area contributed by atoms with Gasteiger partial charge in [-0.05, 0) is 68.5 Å². The van der Waals surface area contributed by atoms with Gasteiger partial charge in [-0.15, -0.1) is 11.3 Å². The van der Waals surface area contributed by atoms with Gasteiger partial charge in [0.15, 0.2) is 11.9 Å². The average Bonchev–Trinajstić information content (AvgIpc) is 3.51. The highest BCUT2D eigenvalue weighted by atomic mass is 32.1. The van der Waals surface area contributed by atoms with E-state index in [1.165, 1.54) is 18.3 Å². The number of hydrogen-bond acceptors (Lipinski definition) is 8. The summed E-state index contributed by atoms with van der Waals surface area (Å²) in [5.74, 6) is -0.681. The summed E-state index contributed by atoms with van der Waals surface area (Å²) in [5.41, 5.74) is 1.52. The van der Waals surface area contributed by atoms with Crippen LogP contribution < -0.4 is 5.32 Å². The van der Waals surface area contributed by atoms with Gasteiger partial charge in [0.2, 0.25) is 5.91 Å². The summed E-state index contributed by atoms with van der Waals surface area (Å²) in [6.45, 7) is 18.7. The topological polar surface area (TPSA) is 109 Å². The summed E-state index contributed by atoms with van der Waals surface area (Å²) in [7, 11) is 3.80. The number of nitrogens with zero attached hydrogens (tertiary/aromatic N) is 3. The van der Waals surface area contributed by atoms with Gasteiger partial charge in [0, 0.05) is 49.7 Å². The number of likely N-dealkylation sites (N-methyl/N-ethyl adjacent to an activating group) is 1. The minimum absolute atomic E-state index is 0.0188. The fourth-order valence-electron chi connectivity index (χ4n) is 7.32. The molecule has 1 N–H and O–H groups in total. The number of carbonyl (C=O) groups excluding carboxylic acids is 4. The quantitative estimate of drug-likeness (QED) is 0.156. The van der Waals surface area contributed by atoms with Crippen molar-refractivity contribution in [2.75, 3.05) is 20.6 Å². The molecule has 1 fully saturated rings. The second-order valence-corrected chi connectivity index (χ2v) is 17.1. The first kappa shape index (κ1) is 42.3. The van der Waals surface area contributed by atoms with Crippen molar-refractivity contribution in [2.24, 2.45) is 23.7 Å². The lowest BCUT2D eigenvalue weighted by atomic mass is 9.84. The van der Waals surface area contributed by atoms with Crippen LogP contribution in [0.25, 0.3) is 0 Å². The molecule has 0 saturated carbocycles. The Bertz CT molecular complexity index is 1440. The molecular weight excluding hydrogens is 661 g/mol. The van der Waals surface area contributed by atoms with Crippen molar-refractivity contribution in [1.29, 1.82) is 0 Å². The van der Waals surface area contributed by atoms with Crippen LogP contribution in [-0.2, 0) is 25.5 Å². The Morgan fingerprint density at radius 2 is 1.65 bits per heavy atom. The predicted octanol–water partition coefficient (Wildman–Crippen LogP) is 7.85. The first-order chi connectivity index (χ1) is 24.0. The van der Waals surface area contributed by atoms with E-state index in [4.69, 9.17) is 9.72 Å². The molecule has 1 aliphatic heterocycles. The van der Waals surface area contributed by atoms with Gasteiger partial charge in [0.1, 0.15) is 10.7 Å². The summed E-state index contributed by atoms with van der Waals surface area (Å²) in [4.78, 5) is 63.7. The molecule has 3 rings (SSSR count). The fourth-order valence-corrected chi connectivity index (χ4v) is 8.43. The largest absolute Gasteiger partial charge is 0.455 e. The second kappa shape index (κ2) is 19.6. The van der Waals surface area contributed by atoms with E-state index in [2.05, 4.69) is 36.2 Å². The maximum absolute atomic E-state index is 14.2. The minimum atomic E-state index is -0.750. The van der Waals surface area contributed by atoms with E-state index in [1.54, 1.807) is 11.9 Å². The number of amides is 2. The van der Waals surface area contributed by atoms with E-state index in [1.807, 2.05) is 66.8 Å². The van der Waals surface area contributed by atoms with Gasteiger partial charge < -0.3 is 15.0 Å². The number of benzene rings is 1. The number of carbonyl (C=O) groups is 4. The number of thiazole rings is 1. The van der Waals surface area contributed by atoms with Gasteiger partial charge in [0.05, 0.1) is 6.04 Å². The van der Waals surface area contributed by atoms with Crippen LogP contribution in [0.3, 0.4) is 0 Å². The maximum Gasteiger partial charge on any atom is 0.303 e. The zero-order valence-corrected chi connectivity index (χ0v) is 33.8. The third kappa shape index (κ3) is 12.2. The van der Waals surface area contributed by atoms with Gasteiger partial charge >= 0.3 is 5.97 Å². The van der Waals surface area contributed by atoms with E-state index >= 15 is 0 Å². The standard InChI is InChI=1S/C41H64N4O5S/c1-25(2)21-31(22-30-17-13-12-14-18-30)42-39(48)37-38(28(7)8)51-40(43-37)36(50-29(9)46)24-34(27(5)6)45(11)41(49)32(26(3)4)23-35(47)33-19-15-16-20-44(33)10/h12-14,17-18,25-28,31-34,36H,15-16,19-24H2,1-11H3,(H,42,48)/t31-,32+,33-,34-,36-/m1/s1. The van der Waals surface area contributed by atoms with Gasteiger partial charge in [-0.25, -0.2) is 4.98 Å². The van der Waals surface area contributed by atoms with Crippen LogP contribution in [0.15, 0.2) is 30.3 Å². The molecule has 51 heavy (non-hydrogen) atoms. The van der Waals surface area contributed by atoms with Crippen LogP contribution in [0.5, 0.6) is 0 Å². The van der Waals surface area contributed by atoms with Crippen molar-refractivity contribution in [3.8, 4) is 0 Å². The van der Waals surface area contributed by atoms with E-state index in [-0.39, 0.29) is 59.9 Å². The molecule has 1 saturated heterocycles. The van der Waals surface area contributed by atoms with Crippen molar-refractivity contribution in [3.63, 3.8) is 0 Å². The molecule has 2 aromatic rings. The Morgan fingerprint density at radius 3 is 2.20 bits per heavy atom. The molecule has 1 aromatic heterocycles. The van der Waals surface area contributed by atoms with E-state index in [9.17, 15) is 19.2 Å². The smallest absolute Gasteiger partial charge is 0.303 e. The van der Waals surface area contributed by atoms with E-state index < -0.39 is 18.0 Å². The normalized spacial score (nSPS) is 17.7. The molecule has 0 aliphatic carbocycles. The number of likely N-dealkylation sites (tertiary alicyclic amines) is 1. The van der Waals surface area contributed by atoms with Crippen LogP contribution in [0.4, 0.5) is 0 Å². The molecular formula is C41H64N4O5S. The lowest BCUT2D eigenvalue weighted by Crippen LogP contribution is -2.48. The summed E-state index contributed by atoms with van der Waals surface area (Å²) in [5, 5.41) is 3.82. The van der Waals surface area contributed by atoms with Gasteiger partial charge in [-0.2, -0.15) is 0 Å². The lowest BCUT2D eigenvalue weighted by molar-refractivity contribution is -0.149. The summed E-state index contributed by atoms with van der Waals surface area (Å²) in [6, 6.07) is 9.65. The number of nitrogens with one attached hydrogen (secondary N) is 1. The maximum atomic E-state index is 14.2. The van der Waals surface area contributed by atoms with Gasteiger partial charge in [0.25, 0.3) is 5.91 Å². The first-order valence-corrected chi connectivity index (χ1v) is 19.8. The zero-order chi connectivity index (χ0) is 38.0. The molecule has 2 heterocycles. The Morgan fingerprint density at radius 1 is 0.980 bits per heavy atom. The average molecular weight is 725 g/mol. The van der Waals surface area contributed by atoms with Crippen molar-refractivity contribution in [3.05, 3.63) is 51.5 Å². The molecule has 0 unspecified atom stereocenters. The number of piperidine rings is 1. The summed E-state index contributed by atoms with van der Waals surface area (Å²) < 4.78 is 5.93. The van der Waals surface area contributed by atoms with Crippen LogP contribution in [-0.4, -0.2) is 77.1 Å². The molecule has 1 aromatic carbocycles. The highest BCUT2D eigenvalue weighted by Gasteiger charge is 2.37. The molecule has 1 aliphatic rings. The predicted molar refractivity (Wildman–Crippen MR) is 206 cm³/mol. The third-order valence-electron chi connectivity index (χ3n) is 10.2. The number of esters is 1. The summed E-state index contributed by atoms with van der Waals surface area (Å²) in [6.07, 6.45) is 4.26. The fraction of sp³-hybridized carbons (Fsp3) is 0.683. The number of rotatable bonds is 18. The van der Waals surface area contributed by atoms with Gasteiger partial charge in [-0.3, -0.25) is 24.1 Å². The van der Waals surface area contributed by atoms with Crippen molar-refractivity contribution in [1.82, 2.24) is 20.1 Å². The SMILES string of the molecule is CC(=O)O[C@H](C[C@H](C(C)C)N(C)C(=O)[C@@H](CC(=O)[C@H]1CCCCN1C)C(C)C)c1nc(C(=O)N[C@@H](Cc2ccccc2)CC(C)C)c(C(C)C)s1. The van der Waals surface area contributed by atoms with Crippen molar-refractivity contribution < 1.29 is 23.9 Å². The third-order valence-corrected chi connectivity index (χ3v) is 11.6. The van der Waals surface area contributed by atoms with Crippen LogP contribution in [0.1, 0.15) is 139 Å². The number of ether oxygens (including phenoxy) is 1. The monoisotopic (exact) mass is 724 g/mol. The molecule has 2 amide bonds. The highest BCUT2D eigenvalue weighted by Crippen LogP contribution is 2.36. The van der Waals surface area contributed by atoms with Crippen molar-refractivity contribution >= 4 is 34.9 Å². The van der Waals surface area contributed by atoms with Gasteiger partial charge in [-0.1, -0.05) is 92.1 Å². The number of Topliss-reactive ketones (excluding diaryl/α,β-unsaturated/α-hetero) is 1. The number of hydrogen-bond donors (Lipinski definition) is 1. The first-order valence-electron chi connectivity index (χ1n) is 19.0. The van der Waals surface area contributed by atoms with Crippen LogP contribution >= 0.6 is 11.3 Å². The minimum Gasteiger partial charge on any atom is -0.455 e. The highest BCUT2D eigenvalue weighted by molar-refractivity contribution is 7.12. The molecule has 5 atom stereocenters. The molecule has 0 radical (unpaired) electrons. The lowest BCUT2D eigenvalue weighted by Gasteiger charge is -2.37. The number of aromatic nitrogens is 1. The molecule has 9 nitrogen and oxygen atoms in total. The Hall–Kier alpha value is -3.11. The molecule has 0 spiro atoms. The van der Waals surface area contributed by atoms with E-state index in [0.717, 1.165) is 42.7 Å². The molecule has 0 bridgehead atoms. The number of ketones is 1.